The molecule has 0 aromatic carbocycles. The monoisotopic (exact) mass is 177 g/mol. The second kappa shape index (κ2) is 3.82. The van der Waals surface area contributed by atoms with Gasteiger partial charge in [0, 0.05) is 5.25 Å². The Kier molecular flexibility index (Phi) is 3.02. The second-order valence-corrected chi connectivity index (χ2v) is 3.21. The average Bonchev–Trinajstić information content (AvgIpc) is 2.31. The molecule has 0 spiro atoms. The van der Waals surface area contributed by atoms with Crippen molar-refractivity contribution in [3.8, 4) is 0 Å². The third-order valence-electron chi connectivity index (χ3n) is 1.47. The molecule has 1 rings (SSSR count). The molecular weight excluding hydrogens is 166 g/mol. The van der Waals surface area contributed by atoms with Crippen molar-refractivity contribution in [3.63, 3.8) is 0 Å². The summed E-state index contributed by atoms with van der Waals surface area (Å²) in [5, 5.41) is 0.261. The number of hydrogen-bond donors (Lipinski definition) is 2. The summed E-state index contributed by atoms with van der Waals surface area (Å²) >= 11 is 4.20. The fourth-order valence-electron chi connectivity index (χ4n) is 0.978. The summed E-state index contributed by atoms with van der Waals surface area (Å²) in [6.07, 6.45) is 0.0392. The van der Waals surface area contributed by atoms with Gasteiger partial charge in [0.2, 0.25) is 0 Å². The first-order chi connectivity index (χ1) is 5.18. The van der Waals surface area contributed by atoms with E-state index in [-0.39, 0.29) is 18.0 Å². The van der Waals surface area contributed by atoms with E-state index in [1.807, 2.05) is 0 Å². The Balaban J connectivity index is 2.13. The molecule has 1 heterocycles. The molecule has 0 bridgehead atoms. The first-order valence-electron chi connectivity index (χ1n) is 3.40. The summed E-state index contributed by atoms with van der Waals surface area (Å²) in [5.41, 5.74) is 4.77. The zero-order valence-electron chi connectivity index (χ0n) is 6.03. The van der Waals surface area contributed by atoms with Crippen LogP contribution in [0.3, 0.4) is 0 Å². The fraction of sp³-hybridized carbons (Fsp3) is 0.833. The van der Waals surface area contributed by atoms with Crippen molar-refractivity contribution in [1.29, 1.82) is 0 Å². The quantitative estimate of drug-likeness (QED) is 0.591. The number of thiol groups is 1. The predicted molar refractivity (Wildman–Crippen MR) is 42.7 cm³/mol. The lowest BCUT2D eigenvalue weighted by Crippen LogP contribution is -2.21. The predicted octanol–water partition coefficient (Wildman–Crippen LogP) is 0.169. The molecule has 0 aliphatic carbocycles. The summed E-state index contributed by atoms with van der Waals surface area (Å²) < 4.78 is 9.76. The highest BCUT2D eigenvalue weighted by molar-refractivity contribution is 7.81. The highest BCUT2D eigenvalue weighted by atomic mass is 32.1. The van der Waals surface area contributed by atoms with E-state index in [1.165, 1.54) is 0 Å². The van der Waals surface area contributed by atoms with Crippen molar-refractivity contribution >= 4 is 18.7 Å². The van der Waals surface area contributed by atoms with E-state index in [0.29, 0.717) is 6.61 Å². The van der Waals surface area contributed by atoms with Gasteiger partial charge in [0.25, 0.3) is 0 Å². The Hall–Kier alpha value is -0.420. The Morgan fingerprint density at radius 1 is 1.82 bits per heavy atom. The fourth-order valence-corrected chi connectivity index (χ4v) is 1.30. The molecule has 2 N–H and O–H groups in total. The third kappa shape index (κ3) is 2.98. The highest BCUT2D eigenvalue weighted by Crippen LogP contribution is 2.17. The summed E-state index contributed by atoms with van der Waals surface area (Å²) in [6, 6.07) is 0. The number of rotatable bonds is 2. The van der Waals surface area contributed by atoms with Crippen LogP contribution in [0.1, 0.15) is 6.42 Å². The van der Waals surface area contributed by atoms with Gasteiger partial charge in [-0.25, -0.2) is 4.79 Å². The van der Waals surface area contributed by atoms with E-state index in [1.54, 1.807) is 0 Å². The van der Waals surface area contributed by atoms with Crippen molar-refractivity contribution in [1.82, 2.24) is 0 Å². The molecule has 64 valence electrons. The van der Waals surface area contributed by atoms with Crippen molar-refractivity contribution in [2.75, 3.05) is 13.2 Å². The normalized spacial score (nSPS) is 30.3. The minimum absolute atomic E-state index is 0.0231. The van der Waals surface area contributed by atoms with Crippen LogP contribution in [0.15, 0.2) is 0 Å². The van der Waals surface area contributed by atoms with Crippen LogP contribution in [0.4, 0.5) is 4.79 Å². The molecular formula is C6H11NO3S. The van der Waals surface area contributed by atoms with Crippen LogP contribution in [0.5, 0.6) is 0 Å². The molecule has 2 atom stereocenters. The maximum atomic E-state index is 10.2. The maximum absolute atomic E-state index is 10.2. The van der Waals surface area contributed by atoms with Crippen molar-refractivity contribution in [3.05, 3.63) is 0 Å². The SMILES string of the molecule is NC(=O)OC[C@H]1C[C@H](S)CO1. The average molecular weight is 177 g/mol. The van der Waals surface area contributed by atoms with E-state index in [4.69, 9.17) is 10.5 Å². The van der Waals surface area contributed by atoms with Gasteiger partial charge in [-0.05, 0) is 6.42 Å². The lowest BCUT2D eigenvalue weighted by atomic mass is 10.2. The van der Waals surface area contributed by atoms with Crippen LogP contribution >= 0.6 is 12.6 Å². The summed E-state index contributed by atoms with van der Waals surface area (Å²) in [6.45, 7) is 0.863. The number of carbonyl (C=O) groups is 1. The van der Waals surface area contributed by atoms with Crippen molar-refractivity contribution in [2.45, 2.75) is 17.8 Å². The number of primary amides is 1. The van der Waals surface area contributed by atoms with E-state index >= 15 is 0 Å². The largest absolute Gasteiger partial charge is 0.447 e. The van der Waals surface area contributed by atoms with Crippen LogP contribution in [0.25, 0.3) is 0 Å². The van der Waals surface area contributed by atoms with Crippen LogP contribution in [-0.4, -0.2) is 30.7 Å². The molecule has 11 heavy (non-hydrogen) atoms. The van der Waals surface area contributed by atoms with Gasteiger partial charge in [-0.2, -0.15) is 12.6 Å². The molecule has 1 saturated heterocycles. The molecule has 1 aliphatic rings. The summed E-state index contributed by atoms with van der Waals surface area (Å²) in [4.78, 5) is 10.2. The molecule has 0 unspecified atom stereocenters. The van der Waals surface area contributed by atoms with Gasteiger partial charge < -0.3 is 15.2 Å². The number of carbonyl (C=O) groups excluding carboxylic acids is 1. The van der Waals surface area contributed by atoms with Gasteiger partial charge in [-0.3, -0.25) is 0 Å². The minimum Gasteiger partial charge on any atom is -0.447 e. The molecule has 0 aromatic rings. The van der Waals surface area contributed by atoms with E-state index in [9.17, 15) is 4.79 Å². The van der Waals surface area contributed by atoms with Crippen LogP contribution in [0.2, 0.25) is 0 Å². The Morgan fingerprint density at radius 3 is 3.00 bits per heavy atom. The number of ether oxygens (including phenoxy) is 2. The zero-order chi connectivity index (χ0) is 8.27. The Bertz CT molecular complexity index is 153. The number of nitrogens with two attached hydrogens (primary N) is 1. The van der Waals surface area contributed by atoms with Gasteiger partial charge in [-0.1, -0.05) is 0 Å². The van der Waals surface area contributed by atoms with Gasteiger partial charge in [-0.15, -0.1) is 0 Å². The molecule has 1 amide bonds. The molecule has 0 aromatic heterocycles. The third-order valence-corrected chi connectivity index (χ3v) is 1.83. The van der Waals surface area contributed by atoms with Gasteiger partial charge in [0.1, 0.15) is 6.61 Å². The minimum atomic E-state index is -0.754. The van der Waals surface area contributed by atoms with Gasteiger partial charge >= 0.3 is 6.09 Å². The molecule has 1 aliphatic heterocycles. The highest BCUT2D eigenvalue weighted by Gasteiger charge is 2.23. The standard InChI is InChI=1S/C6H11NO3S/c7-6(8)10-2-4-1-5(11)3-9-4/h4-5,11H,1-3H2,(H2,7,8)/t4-,5+/m1/s1. The Morgan fingerprint density at radius 2 is 2.55 bits per heavy atom. The summed E-state index contributed by atoms with van der Waals surface area (Å²) in [5.74, 6) is 0. The van der Waals surface area contributed by atoms with Crippen molar-refractivity contribution in [2.24, 2.45) is 5.73 Å². The first-order valence-corrected chi connectivity index (χ1v) is 3.92. The van der Waals surface area contributed by atoms with Crippen LogP contribution in [0, 0.1) is 0 Å². The number of amides is 1. The van der Waals surface area contributed by atoms with E-state index in [0.717, 1.165) is 6.42 Å². The molecule has 1 fully saturated rings. The zero-order valence-corrected chi connectivity index (χ0v) is 6.92. The first kappa shape index (κ1) is 8.67. The van der Waals surface area contributed by atoms with Crippen molar-refractivity contribution < 1.29 is 14.3 Å². The molecule has 0 saturated carbocycles. The van der Waals surface area contributed by atoms with Gasteiger partial charge in [0.15, 0.2) is 0 Å². The van der Waals surface area contributed by atoms with E-state index < -0.39 is 6.09 Å². The van der Waals surface area contributed by atoms with Crippen LogP contribution < -0.4 is 5.73 Å². The Labute approximate surface area is 70.4 Å². The molecule has 5 heteroatoms. The second-order valence-electron chi connectivity index (χ2n) is 2.47. The topological polar surface area (TPSA) is 61.6 Å². The van der Waals surface area contributed by atoms with Crippen LogP contribution in [-0.2, 0) is 9.47 Å². The molecule has 0 radical (unpaired) electrons. The lowest BCUT2D eigenvalue weighted by molar-refractivity contribution is 0.0471. The smallest absolute Gasteiger partial charge is 0.404 e. The number of hydrogen-bond acceptors (Lipinski definition) is 4. The van der Waals surface area contributed by atoms with E-state index in [2.05, 4.69) is 17.4 Å². The maximum Gasteiger partial charge on any atom is 0.404 e. The summed E-state index contributed by atoms with van der Waals surface area (Å²) in [7, 11) is 0. The molecule has 4 nitrogen and oxygen atoms in total. The van der Waals surface area contributed by atoms with Gasteiger partial charge in [0.05, 0.1) is 12.7 Å². The lowest BCUT2D eigenvalue weighted by Gasteiger charge is -2.07.